The smallest absolute Gasteiger partial charge is 0.307 e. The molecule has 0 saturated heterocycles. The first-order chi connectivity index (χ1) is 17.9. The fraction of sp³-hybridized carbons (Fsp3) is 0.192. The largest absolute Gasteiger partial charge is 0.469 e. The van der Waals surface area contributed by atoms with E-state index in [4.69, 9.17) is 4.74 Å². The van der Waals surface area contributed by atoms with Gasteiger partial charge < -0.3 is 9.72 Å². The van der Waals surface area contributed by atoms with E-state index in [0.717, 1.165) is 26.9 Å². The molecule has 3 heterocycles. The molecule has 0 aliphatic heterocycles. The number of carbonyl (C=O) groups is 1. The SMILES string of the molecule is COC(=O)C[C@@H](Cc1c[nH]c2ccccc12)n1nncc1CNS(=O)(=O)c1ccc(-c2ccccc2)s1. The highest BCUT2D eigenvalue weighted by atomic mass is 32.2. The van der Waals surface area contributed by atoms with Crippen LogP contribution in [0.3, 0.4) is 0 Å². The second-order valence-electron chi connectivity index (χ2n) is 8.48. The zero-order valence-corrected chi connectivity index (χ0v) is 21.6. The second kappa shape index (κ2) is 10.7. The Bertz CT molecular complexity index is 1620. The van der Waals surface area contributed by atoms with Crippen molar-refractivity contribution in [2.75, 3.05) is 7.11 Å². The minimum atomic E-state index is -3.77. The minimum Gasteiger partial charge on any atom is -0.469 e. The highest BCUT2D eigenvalue weighted by molar-refractivity contribution is 7.91. The predicted octanol–water partition coefficient (Wildman–Crippen LogP) is 4.31. The summed E-state index contributed by atoms with van der Waals surface area (Å²) in [5.41, 5.74) is 3.50. The summed E-state index contributed by atoms with van der Waals surface area (Å²) >= 11 is 1.20. The molecule has 5 rings (SSSR count). The number of nitrogens with zero attached hydrogens (tertiary/aromatic N) is 3. The third-order valence-corrected chi connectivity index (χ3v) is 9.13. The molecule has 0 aliphatic rings. The van der Waals surface area contributed by atoms with Crippen LogP contribution in [0, 0.1) is 0 Å². The number of ether oxygens (including phenoxy) is 1. The van der Waals surface area contributed by atoms with Gasteiger partial charge in [-0.05, 0) is 35.7 Å². The average Bonchev–Trinajstić information content (AvgIpc) is 3.68. The summed E-state index contributed by atoms with van der Waals surface area (Å²) in [5.74, 6) is -0.390. The van der Waals surface area contributed by atoms with Crippen molar-refractivity contribution in [1.29, 1.82) is 0 Å². The van der Waals surface area contributed by atoms with E-state index < -0.39 is 16.1 Å². The fourth-order valence-corrected chi connectivity index (χ4v) is 6.59. The van der Waals surface area contributed by atoms with Crippen molar-refractivity contribution >= 4 is 38.2 Å². The van der Waals surface area contributed by atoms with E-state index in [1.54, 1.807) is 16.8 Å². The van der Waals surface area contributed by atoms with Crippen LogP contribution < -0.4 is 4.72 Å². The molecule has 0 amide bonds. The molecule has 0 fully saturated rings. The number of methoxy groups -OCH3 is 1. The summed E-state index contributed by atoms with van der Waals surface area (Å²) in [6.07, 6.45) is 3.96. The van der Waals surface area contributed by atoms with Gasteiger partial charge in [0.25, 0.3) is 0 Å². The van der Waals surface area contributed by atoms with Gasteiger partial charge in [-0.15, -0.1) is 16.4 Å². The molecule has 3 aromatic heterocycles. The predicted molar refractivity (Wildman–Crippen MR) is 141 cm³/mol. The highest BCUT2D eigenvalue weighted by Gasteiger charge is 2.24. The molecule has 11 heteroatoms. The molecule has 1 atom stereocenters. The maximum atomic E-state index is 13.1. The minimum absolute atomic E-state index is 0.0283. The number of hydrogen-bond donors (Lipinski definition) is 2. The molecule has 2 N–H and O–H groups in total. The summed E-state index contributed by atoms with van der Waals surface area (Å²) in [7, 11) is -2.43. The van der Waals surface area contributed by atoms with E-state index in [1.807, 2.05) is 60.8 Å². The number of rotatable bonds is 10. The van der Waals surface area contributed by atoms with Crippen molar-refractivity contribution in [3.8, 4) is 10.4 Å². The van der Waals surface area contributed by atoms with Gasteiger partial charge in [-0.25, -0.2) is 17.8 Å². The van der Waals surface area contributed by atoms with Gasteiger partial charge >= 0.3 is 5.97 Å². The van der Waals surface area contributed by atoms with Gasteiger partial charge in [0, 0.05) is 22.0 Å². The number of fused-ring (bicyclic) bond motifs is 1. The first-order valence-corrected chi connectivity index (χ1v) is 13.9. The lowest BCUT2D eigenvalue weighted by Crippen LogP contribution is -2.26. The van der Waals surface area contributed by atoms with Crippen molar-refractivity contribution in [1.82, 2.24) is 24.7 Å². The van der Waals surface area contributed by atoms with E-state index in [0.29, 0.717) is 12.1 Å². The molecule has 0 spiro atoms. The van der Waals surface area contributed by atoms with E-state index in [1.165, 1.54) is 24.6 Å². The standard InChI is InChI=1S/C26H25N5O4S2/c1-35-25(32)14-20(13-19-15-27-23-10-6-5-9-22(19)23)31-21(16-28-30-31)17-29-37(33,34)26-12-11-24(36-26)18-7-3-2-4-8-18/h2-12,15-16,20,27,29H,13-14,17H2,1H3/t20-/m1/s1. The second-order valence-corrected chi connectivity index (χ2v) is 11.6. The van der Waals surface area contributed by atoms with Crippen molar-refractivity contribution in [2.45, 2.75) is 29.6 Å². The zero-order valence-electron chi connectivity index (χ0n) is 20.0. The van der Waals surface area contributed by atoms with Gasteiger partial charge in [0.2, 0.25) is 10.0 Å². The van der Waals surface area contributed by atoms with Crippen LogP contribution in [0.2, 0.25) is 0 Å². The number of aromatic amines is 1. The number of carbonyl (C=O) groups excluding carboxylic acids is 1. The van der Waals surface area contributed by atoms with Crippen LogP contribution in [0.15, 0.2) is 83.3 Å². The van der Waals surface area contributed by atoms with E-state index in [2.05, 4.69) is 20.0 Å². The summed E-state index contributed by atoms with van der Waals surface area (Å²) in [6, 6.07) is 20.5. The molecule has 0 aliphatic carbocycles. The Morgan fingerprint density at radius 2 is 1.89 bits per heavy atom. The number of hydrogen-bond acceptors (Lipinski definition) is 7. The number of nitrogens with one attached hydrogen (secondary N) is 2. The molecule has 0 radical (unpaired) electrons. The monoisotopic (exact) mass is 535 g/mol. The van der Waals surface area contributed by atoms with Crippen molar-refractivity contribution in [3.63, 3.8) is 0 Å². The summed E-state index contributed by atoms with van der Waals surface area (Å²) in [4.78, 5) is 16.4. The summed E-state index contributed by atoms with van der Waals surface area (Å²) in [6.45, 7) is -0.0283. The molecular formula is C26H25N5O4S2. The Balaban J connectivity index is 1.36. The third kappa shape index (κ3) is 5.48. The number of esters is 1. The van der Waals surface area contributed by atoms with Crippen molar-refractivity contribution in [2.24, 2.45) is 0 Å². The van der Waals surface area contributed by atoms with Crippen molar-refractivity contribution in [3.05, 3.63) is 90.4 Å². The van der Waals surface area contributed by atoms with Crippen LogP contribution >= 0.6 is 11.3 Å². The summed E-state index contributed by atoms with van der Waals surface area (Å²) in [5, 5.41) is 9.25. The Morgan fingerprint density at radius 3 is 2.70 bits per heavy atom. The third-order valence-electron chi connectivity index (χ3n) is 6.10. The molecular weight excluding hydrogens is 510 g/mol. The average molecular weight is 536 g/mol. The number of sulfonamides is 1. The van der Waals surface area contributed by atoms with Crippen LogP contribution in [0.25, 0.3) is 21.3 Å². The van der Waals surface area contributed by atoms with Crippen LogP contribution in [-0.4, -0.2) is 41.5 Å². The lowest BCUT2D eigenvalue weighted by atomic mass is 10.0. The normalized spacial score (nSPS) is 12.6. The topological polar surface area (TPSA) is 119 Å². The highest BCUT2D eigenvalue weighted by Crippen LogP contribution is 2.31. The lowest BCUT2D eigenvalue weighted by molar-refractivity contribution is -0.141. The van der Waals surface area contributed by atoms with Gasteiger partial charge in [-0.2, -0.15) is 0 Å². The van der Waals surface area contributed by atoms with Gasteiger partial charge in [-0.1, -0.05) is 53.7 Å². The first kappa shape index (κ1) is 24.9. The van der Waals surface area contributed by atoms with Crippen LogP contribution in [0.1, 0.15) is 23.7 Å². The van der Waals surface area contributed by atoms with Crippen LogP contribution in [0.5, 0.6) is 0 Å². The molecule has 0 unspecified atom stereocenters. The Hall–Kier alpha value is -3.80. The van der Waals surface area contributed by atoms with Gasteiger partial charge in [0.15, 0.2) is 0 Å². The first-order valence-electron chi connectivity index (χ1n) is 11.6. The van der Waals surface area contributed by atoms with E-state index in [9.17, 15) is 13.2 Å². The summed E-state index contributed by atoms with van der Waals surface area (Å²) < 4.78 is 35.5. The number of aromatic nitrogens is 4. The number of thiophene rings is 1. The van der Waals surface area contributed by atoms with Gasteiger partial charge in [0.05, 0.1) is 38.0 Å². The molecule has 0 saturated carbocycles. The quantitative estimate of drug-likeness (QED) is 0.257. The maximum Gasteiger partial charge on any atom is 0.307 e. The molecule has 2 aromatic carbocycles. The lowest BCUT2D eigenvalue weighted by Gasteiger charge is -2.18. The fourth-order valence-electron chi connectivity index (χ4n) is 4.24. The molecule has 0 bridgehead atoms. The number of para-hydroxylation sites is 1. The zero-order chi connectivity index (χ0) is 25.8. The molecule has 9 nitrogen and oxygen atoms in total. The van der Waals surface area contributed by atoms with Gasteiger partial charge in [-0.3, -0.25) is 4.79 Å². The van der Waals surface area contributed by atoms with Crippen molar-refractivity contribution < 1.29 is 17.9 Å². The number of H-pyrrole nitrogens is 1. The van der Waals surface area contributed by atoms with Gasteiger partial charge in [0.1, 0.15) is 4.21 Å². The molecule has 190 valence electrons. The Morgan fingerprint density at radius 1 is 1.11 bits per heavy atom. The van der Waals surface area contributed by atoms with E-state index >= 15 is 0 Å². The molecule has 5 aromatic rings. The van der Waals surface area contributed by atoms with E-state index in [-0.39, 0.29) is 23.1 Å². The van der Waals surface area contributed by atoms with Crippen LogP contribution in [0.4, 0.5) is 0 Å². The van der Waals surface area contributed by atoms with Crippen LogP contribution in [-0.2, 0) is 32.5 Å². The number of benzene rings is 2. The maximum absolute atomic E-state index is 13.1. The molecule has 37 heavy (non-hydrogen) atoms. The Labute approximate surface area is 218 Å². The Kier molecular flexibility index (Phi) is 7.17.